The van der Waals surface area contributed by atoms with Crippen LogP contribution in [0.1, 0.15) is 34.3 Å². The Morgan fingerprint density at radius 1 is 1.09 bits per heavy atom. The minimum absolute atomic E-state index is 0.152. The van der Waals surface area contributed by atoms with E-state index >= 15 is 0 Å². The van der Waals surface area contributed by atoms with E-state index in [0.29, 0.717) is 25.1 Å². The lowest BCUT2D eigenvalue weighted by Crippen LogP contribution is -2.52. The highest BCUT2D eigenvalue weighted by molar-refractivity contribution is 6.05. The van der Waals surface area contributed by atoms with Crippen LogP contribution in [0, 0.1) is 0 Å². The predicted octanol–water partition coefficient (Wildman–Crippen LogP) is 0.864. The van der Waals surface area contributed by atoms with Crippen LogP contribution in [-0.4, -0.2) is 59.8 Å². The van der Waals surface area contributed by atoms with Crippen molar-refractivity contribution in [3.63, 3.8) is 0 Å². The van der Waals surface area contributed by atoms with Crippen molar-refractivity contribution in [1.29, 1.82) is 0 Å². The molecule has 3 aliphatic rings. The van der Waals surface area contributed by atoms with Crippen molar-refractivity contribution in [2.45, 2.75) is 32.0 Å². The third-order valence-corrected chi connectivity index (χ3v) is 6.28. The summed E-state index contributed by atoms with van der Waals surface area (Å²) >= 11 is 0. The van der Waals surface area contributed by atoms with Crippen molar-refractivity contribution >= 4 is 29.2 Å². The molecule has 0 radical (unpaired) electrons. The average molecular weight is 435 g/mol. The van der Waals surface area contributed by atoms with E-state index in [1.165, 1.54) is 0 Å². The van der Waals surface area contributed by atoms with Crippen molar-refractivity contribution in [3.05, 3.63) is 53.2 Å². The first-order valence-electron chi connectivity index (χ1n) is 11.0. The van der Waals surface area contributed by atoms with E-state index in [0.717, 1.165) is 48.8 Å². The SMILES string of the molecule is O=C1CCC(N2Cc3ccc(CNc4ccnc(N5CCNCC5)c4)cc3C2=O)C(=O)N1. The van der Waals surface area contributed by atoms with Crippen molar-refractivity contribution in [2.75, 3.05) is 36.4 Å². The number of rotatable bonds is 5. The Morgan fingerprint density at radius 3 is 2.75 bits per heavy atom. The van der Waals surface area contributed by atoms with E-state index in [1.54, 1.807) is 4.90 Å². The minimum Gasteiger partial charge on any atom is -0.381 e. The predicted molar refractivity (Wildman–Crippen MR) is 119 cm³/mol. The molecular formula is C23H26N6O3. The Labute approximate surface area is 186 Å². The van der Waals surface area contributed by atoms with Gasteiger partial charge in [-0.2, -0.15) is 0 Å². The number of benzene rings is 1. The molecule has 0 spiro atoms. The maximum atomic E-state index is 13.0. The Bertz CT molecular complexity index is 1070. The summed E-state index contributed by atoms with van der Waals surface area (Å²) in [5.74, 6) is 0.143. The smallest absolute Gasteiger partial charge is 0.255 e. The number of anilines is 2. The summed E-state index contributed by atoms with van der Waals surface area (Å²) in [6.07, 6.45) is 2.44. The molecule has 3 aliphatic heterocycles. The second-order valence-corrected chi connectivity index (χ2v) is 8.38. The number of fused-ring (bicyclic) bond motifs is 1. The molecule has 32 heavy (non-hydrogen) atoms. The van der Waals surface area contributed by atoms with Crippen LogP contribution in [0.4, 0.5) is 11.5 Å². The zero-order valence-corrected chi connectivity index (χ0v) is 17.8. The van der Waals surface area contributed by atoms with Crippen molar-refractivity contribution in [1.82, 2.24) is 20.5 Å². The summed E-state index contributed by atoms with van der Waals surface area (Å²) in [6, 6.07) is 9.26. The lowest BCUT2D eigenvalue weighted by atomic mass is 10.0. The molecule has 1 aromatic heterocycles. The van der Waals surface area contributed by atoms with E-state index in [1.807, 2.05) is 30.5 Å². The van der Waals surface area contributed by atoms with E-state index in [9.17, 15) is 14.4 Å². The van der Waals surface area contributed by atoms with Gasteiger partial charge >= 0.3 is 0 Å². The number of piperidine rings is 1. The zero-order valence-electron chi connectivity index (χ0n) is 17.8. The van der Waals surface area contributed by atoms with Crippen LogP contribution in [-0.2, 0) is 22.7 Å². The number of piperazine rings is 1. The Balaban J connectivity index is 1.25. The summed E-state index contributed by atoms with van der Waals surface area (Å²) < 4.78 is 0. The van der Waals surface area contributed by atoms with Crippen LogP contribution in [0.5, 0.6) is 0 Å². The molecule has 3 N–H and O–H groups in total. The van der Waals surface area contributed by atoms with Crippen LogP contribution in [0.25, 0.3) is 0 Å². The number of pyridine rings is 1. The van der Waals surface area contributed by atoms with Crippen molar-refractivity contribution < 1.29 is 14.4 Å². The fraction of sp³-hybridized carbons (Fsp3) is 0.391. The topological polar surface area (TPSA) is 107 Å². The van der Waals surface area contributed by atoms with E-state index in [2.05, 4.69) is 31.9 Å². The quantitative estimate of drug-likeness (QED) is 0.600. The van der Waals surface area contributed by atoms with Gasteiger partial charge in [0, 0.05) is 69.2 Å². The molecule has 2 fully saturated rings. The second-order valence-electron chi connectivity index (χ2n) is 8.38. The molecule has 9 nitrogen and oxygen atoms in total. The summed E-state index contributed by atoms with van der Waals surface area (Å²) in [7, 11) is 0. The average Bonchev–Trinajstić information content (AvgIpc) is 3.14. The van der Waals surface area contributed by atoms with Crippen LogP contribution in [0.15, 0.2) is 36.5 Å². The molecular weight excluding hydrogens is 408 g/mol. The maximum absolute atomic E-state index is 13.0. The summed E-state index contributed by atoms with van der Waals surface area (Å²) in [5, 5.41) is 9.11. The fourth-order valence-electron chi connectivity index (χ4n) is 4.51. The third kappa shape index (κ3) is 4.03. The van der Waals surface area contributed by atoms with Gasteiger partial charge in [0.1, 0.15) is 11.9 Å². The number of hydrogen-bond donors (Lipinski definition) is 3. The Hall–Kier alpha value is -3.46. The first-order valence-corrected chi connectivity index (χ1v) is 11.0. The van der Waals surface area contributed by atoms with Gasteiger partial charge in [-0.3, -0.25) is 19.7 Å². The highest BCUT2D eigenvalue weighted by atomic mass is 16.2. The molecule has 5 rings (SSSR count). The van der Waals surface area contributed by atoms with Gasteiger partial charge in [0.25, 0.3) is 5.91 Å². The molecule has 0 bridgehead atoms. The van der Waals surface area contributed by atoms with E-state index in [4.69, 9.17) is 0 Å². The molecule has 1 aromatic carbocycles. The monoisotopic (exact) mass is 434 g/mol. The van der Waals surface area contributed by atoms with Gasteiger partial charge in [-0.05, 0) is 29.7 Å². The standard InChI is InChI=1S/C23H26N6O3/c30-21-4-3-19(22(31)27-21)29-14-16-2-1-15(11-18(16)23(29)32)13-26-17-5-6-25-20(12-17)28-9-7-24-8-10-28/h1-2,5-6,11-12,19,24H,3-4,7-10,13-14H2,(H,25,26)(H,27,30,31). The second kappa shape index (κ2) is 8.58. The molecule has 4 heterocycles. The van der Waals surface area contributed by atoms with Crippen LogP contribution >= 0.6 is 0 Å². The molecule has 3 amide bonds. The lowest BCUT2D eigenvalue weighted by Gasteiger charge is -2.29. The molecule has 1 unspecified atom stereocenters. The van der Waals surface area contributed by atoms with Crippen molar-refractivity contribution in [2.24, 2.45) is 0 Å². The van der Waals surface area contributed by atoms with Crippen LogP contribution in [0.3, 0.4) is 0 Å². The largest absolute Gasteiger partial charge is 0.381 e. The molecule has 0 aliphatic carbocycles. The number of nitrogens with one attached hydrogen (secondary N) is 3. The molecule has 9 heteroatoms. The van der Waals surface area contributed by atoms with Gasteiger partial charge < -0.3 is 20.4 Å². The number of carbonyl (C=O) groups excluding carboxylic acids is 3. The molecule has 0 saturated carbocycles. The first kappa shape index (κ1) is 20.4. The van der Waals surface area contributed by atoms with Gasteiger partial charge in [0.05, 0.1) is 0 Å². The minimum atomic E-state index is -0.589. The van der Waals surface area contributed by atoms with Gasteiger partial charge in [0.15, 0.2) is 0 Å². The normalized spacial score (nSPS) is 20.9. The van der Waals surface area contributed by atoms with Gasteiger partial charge in [-0.15, -0.1) is 0 Å². The molecule has 166 valence electrons. The number of imide groups is 1. The first-order chi connectivity index (χ1) is 15.6. The summed E-state index contributed by atoms with van der Waals surface area (Å²) in [6.45, 7) is 4.76. The number of carbonyl (C=O) groups is 3. The maximum Gasteiger partial charge on any atom is 0.255 e. The highest BCUT2D eigenvalue weighted by Gasteiger charge is 2.39. The summed E-state index contributed by atoms with van der Waals surface area (Å²) in [4.78, 5) is 45.0. The van der Waals surface area contributed by atoms with Crippen molar-refractivity contribution in [3.8, 4) is 0 Å². The Morgan fingerprint density at radius 2 is 1.94 bits per heavy atom. The van der Waals surface area contributed by atoms with Crippen LogP contribution < -0.4 is 20.9 Å². The Kier molecular flexibility index (Phi) is 5.48. The fourth-order valence-corrected chi connectivity index (χ4v) is 4.51. The molecule has 1 atom stereocenters. The van der Waals surface area contributed by atoms with Crippen LogP contribution in [0.2, 0.25) is 0 Å². The number of amides is 3. The van der Waals surface area contributed by atoms with Gasteiger partial charge in [0.2, 0.25) is 11.8 Å². The van der Waals surface area contributed by atoms with Gasteiger partial charge in [-0.25, -0.2) is 4.98 Å². The third-order valence-electron chi connectivity index (χ3n) is 6.28. The van der Waals surface area contributed by atoms with E-state index < -0.39 is 6.04 Å². The number of nitrogens with zero attached hydrogens (tertiary/aromatic N) is 3. The molecule has 2 saturated heterocycles. The highest BCUT2D eigenvalue weighted by Crippen LogP contribution is 2.28. The summed E-state index contributed by atoms with van der Waals surface area (Å²) in [5.41, 5.74) is 3.51. The van der Waals surface area contributed by atoms with Gasteiger partial charge in [-0.1, -0.05) is 12.1 Å². The van der Waals surface area contributed by atoms with E-state index in [-0.39, 0.29) is 24.1 Å². The number of hydrogen-bond acceptors (Lipinski definition) is 7. The zero-order chi connectivity index (χ0) is 22.1. The number of aromatic nitrogens is 1. The molecule has 2 aromatic rings. The lowest BCUT2D eigenvalue weighted by molar-refractivity contribution is -0.136.